The molecule has 98 valence electrons. The van der Waals surface area contributed by atoms with E-state index >= 15 is 0 Å². The molecule has 0 spiro atoms. The van der Waals surface area contributed by atoms with Crippen molar-refractivity contribution in [3.05, 3.63) is 12.0 Å². The zero-order valence-electron chi connectivity index (χ0n) is 9.93. The minimum Gasteiger partial charge on any atom is -0.385 e. The van der Waals surface area contributed by atoms with Gasteiger partial charge in [-0.05, 0) is 13.3 Å². The van der Waals surface area contributed by atoms with Crippen molar-refractivity contribution in [3.63, 3.8) is 0 Å². The Balaban J connectivity index is 2.71. The van der Waals surface area contributed by atoms with Crippen molar-refractivity contribution >= 4 is 10.0 Å². The third-order valence-electron chi connectivity index (χ3n) is 2.25. The summed E-state index contributed by atoms with van der Waals surface area (Å²) >= 11 is 0. The van der Waals surface area contributed by atoms with Crippen molar-refractivity contribution in [2.75, 3.05) is 20.3 Å². The van der Waals surface area contributed by atoms with Gasteiger partial charge in [0.15, 0.2) is 5.03 Å². The summed E-state index contributed by atoms with van der Waals surface area (Å²) in [4.78, 5) is 6.52. The fourth-order valence-electron chi connectivity index (χ4n) is 1.30. The quantitative estimate of drug-likeness (QED) is 0.605. The lowest BCUT2D eigenvalue weighted by Gasteiger charge is -2.15. The van der Waals surface area contributed by atoms with E-state index in [-0.39, 0.29) is 17.6 Å². The lowest BCUT2D eigenvalue weighted by Crippen LogP contribution is -2.40. The highest BCUT2D eigenvalue weighted by Gasteiger charge is 2.20. The number of ether oxygens (including phenoxy) is 1. The molecular weight excluding hydrogens is 244 g/mol. The highest BCUT2D eigenvalue weighted by atomic mass is 32.2. The van der Waals surface area contributed by atoms with Gasteiger partial charge >= 0.3 is 0 Å². The van der Waals surface area contributed by atoms with Crippen molar-refractivity contribution in [1.29, 1.82) is 0 Å². The van der Waals surface area contributed by atoms with E-state index in [9.17, 15) is 8.42 Å². The van der Waals surface area contributed by atoms with E-state index < -0.39 is 10.0 Å². The molecule has 0 saturated heterocycles. The van der Waals surface area contributed by atoms with Gasteiger partial charge in [-0.15, -0.1) is 0 Å². The Morgan fingerprint density at radius 2 is 2.35 bits per heavy atom. The molecule has 0 aliphatic rings. The standard InChI is InChI=1S/C9H18N4O3S/c1-7-11-6-9(12-7)17(14,15)13-8(5-10)3-4-16-2/h6,8,13H,3-5,10H2,1-2H3,(H,11,12). The minimum atomic E-state index is -3.58. The number of aromatic amines is 1. The number of nitrogens with two attached hydrogens (primary N) is 1. The lowest BCUT2D eigenvalue weighted by atomic mass is 10.2. The number of aromatic nitrogens is 2. The molecule has 1 unspecified atom stereocenters. The molecule has 0 aliphatic heterocycles. The van der Waals surface area contributed by atoms with E-state index in [2.05, 4.69) is 14.7 Å². The van der Waals surface area contributed by atoms with Gasteiger partial charge in [0.05, 0.1) is 6.20 Å². The summed E-state index contributed by atoms with van der Waals surface area (Å²) in [5, 5.41) is 0.0471. The number of nitrogens with zero attached hydrogens (tertiary/aromatic N) is 1. The van der Waals surface area contributed by atoms with Gasteiger partial charge in [0.1, 0.15) is 5.82 Å². The van der Waals surface area contributed by atoms with Crippen LogP contribution in [0.2, 0.25) is 0 Å². The monoisotopic (exact) mass is 262 g/mol. The predicted molar refractivity (Wildman–Crippen MR) is 63.0 cm³/mol. The fourth-order valence-corrected chi connectivity index (χ4v) is 2.56. The van der Waals surface area contributed by atoms with Gasteiger partial charge in [0.2, 0.25) is 0 Å². The molecule has 8 heteroatoms. The van der Waals surface area contributed by atoms with Crippen LogP contribution in [0, 0.1) is 6.92 Å². The van der Waals surface area contributed by atoms with Crippen molar-refractivity contribution in [3.8, 4) is 0 Å². The molecule has 0 fully saturated rings. The van der Waals surface area contributed by atoms with E-state index in [1.165, 1.54) is 6.20 Å². The number of methoxy groups -OCH3 is 1. The summed E-state index contributed by atoms with van der Waals surface area (Å²) in [5.41, 5.74) is 5.50. The molecule has 0 amide bonds. The van der Waals surface area contributed by atoms with Crippen molar-refractivity contribution in [2.45, 2.75) is 24.4 Å². The first-order valence-electron chi connectivity index (χ1n) is 5.22. The van der Waals surface area contributed by atoms with E-state index in [1.807, 2.05) is 0 Å². The van der Waals surface area contributed by atoms with Crippen LogP contribution in [0.5, 0.6) is 0 Å². The third kappa shape index (κ3) is 4.08. The molecule has 0 saturated carbocycles. The summed E-state index contributed by atoms with van der Waals surface area (Å²) in [6, 6.07) is -0.344. The maximum absolute atomic E-state index is 11.9. The summed E-state index contributed by atoms with van der Waals surface area (Å²) in [5.74, 6) is 0.548. The minimum absolute atomic E-state index is 0.0471. The Kier molecular flexibility index (Phi) is 5.06. The molecule has 1 aromatic rings. The van der Waals surface area contributed by atoms with Crippen LogP contribution in [0.3, 0.4) is 0 Å². The second kappa shape index (κ2) is 6.10. The van der Waals surface area contributed by atoms with Crippen molar-refractivity contribution in [1.82, 2.24) is 14.7 Å². The van der Waals surface area contributed by atoms with Crippen LogP contribution in [0.25, 0.3) is 0 Å². The molecular formula is C9H18N4O3S. The summed E-state index contributed by atoms with van der Waals surface area (Å²) in [7, 11) is -2.03. The third-order valence-corrected chi connectivity index (χ3v) is 3.68. The van der Waals surface area contributed by atoms with Gasteiger partial charge in [0, 0.05) is 26.3 Å². The van der Waals surface area contributed by atoms with Crippen molar-refractivity contribution < 1.29 is 13.2 Å². The summed E-state index contributed by atoms with van der Waals surface area (Å²) in [6.07, 6.45) is 1.81. The first-order valence-corrected chi connectivity index (χ1v) is 6.71. The van der Waals surface area contributed by atoms with Gasteiger partial charge < -0.3 is 15.5 Å². The Hall–Kier alpha value is -0.960. The first-order chi connectivity index (χ1) is 7.99. The zero-order valence-corrected chi connectivity index (χ0v) is 10.8. The molecule has 1 aromatic heterocycles. The predicted octanol–water partition coefficient (Wildman–Crippen LogP) is -0.640. The van der Waals surface area contributed by atoms with Gasteiger partial charge in [-0.1, -0.05) is 0 Å². The van der Waals surface area contributed by atoms with E-state index in [4.69, 9.17) is 10.5 Å². The van der Waals surface area contributed by atoms with Crippen molar-refractivity contribution in [2.24, 2.45) is 5.73 Å². The Labute approximate surface area is 101 Å². The number of imidazole rings is 1. The molecule has 1 atom stereocenters. The van der Waals surface area contributed by atoms with Crippen LogP contribution in [-0.2, 0) is 14.8 Å². The summed E-state index contributed by atoms with van der Waals surface area (Å²) < 4.78 is 31.2. The molecule has 0 aromatic carbocycles. The molecule has 1 heterocycles. The second-order valence-electron chi connectivity index (χ2n) is 3.67. The molecule has 4 N–H and O–H groups in total. The highest BCUT2D eigenvalue weighted by molar-refractivity contribution is 7.89. The Bertz CT molecular complexity index is 443. The van der Waals surface area contributed by atoms with Gasteiger partial charge in [-0.25, -0.2) is 18.1 Å². The van der Waals surface area contributed by atoms with Crippen LogP contribution in [-0.4, -0.2) is 44.7 Å². The normalized spacial score (nSPS) is 13.8. The van der Waals surface area contributed by atoms with Crippen LogP contribution < -0.4 is 10.5 Å². The number of sulfonamides is 1. The van der Waals surface area contributed by atoms with Gasteiger partial charge in [-0.2, -0.15) is 0 Å². The smallest absolute Gasteiger partial charge is 0.257 e. The molecule has 7 nitrogen and oxygen atoms in total. The maximum Gasteiger partial charge on any atom is 0.257 e. The second-order valence-corrected chi connectivity index (χ2v) is 5.35. The topological polar surface area (TPSA) is 110 Å². The Morgan fingerprint density at radius 3 is 2.82 bits per heavy atom. The molecule has 0 radical (unpaired) electrons. The molecule has 0 bridgehead atoms. The SMILES string of the molecule is COCCC(CN)NS(=O)(=O)c1cnc(C)[nH]1. The molecule has 0 aliphatic carbocycles. The largest absolute Gasteiger partial charge is 0.385 e. The fraction of sp³-hybridized carbons (Fsp3) is 0.667. The zero-order chi connectivity index (χ0) is 12.9. The van der Waals surface area contributed by atoms with Crippen LogP contribution in [0.4, 0.5) is 0 Å². The maximum atomic E-state index is 11.9. The molecule has 17 heavy (non-hydrogen) atoms. The number of rotatable bonds is 7. The van der Waals surface area contributed by atoms with Crippen LogP contribution in [0.1, 0.15) is 12.2 Å². The average molecular weight is 262 g/mol. The van der Waals surface area contributed by atoms with Gasteiger partial charge in [-0.3, -0.25) is 0 Å². The molecule has 1 rings (SSSR count). The highest BCUT2D eigenvalue weighted by Crippen LogP contribution is 2.06. The van der Waals surface area contributed by atoms with E-state index in [0.29, 0.717) is 18.9 Å². The van der Waals surface area contributed by atoms with Crippen LogP contribution >= 0.6 is 0 Å². The number of nitrogens with one attached hydrogen (secondary N) is 2. The number of H-pyrrole nitrogens is 1. The van der Waals surface area contributed by atoms with Crippen LogP contribution in [0.15, 0.2) is 11.2 Å². The number of aryl methyl sites for hydroxylation is 1. The number of hydrogen-bond acceptors (Lipinski definition) is 5. The Morgan fingerprint density at radius 1 is 1.65 bits per heavy atom. The average Bonchev–Trinajstić information content (AvgIpc) is 2.71. The number of hydrogen-bond donors (Lipinski definition) is 3. The van der Waals surface area contributed by atoms with E-state index in [0.717, 1.165) is 0 Å². The summed E-state index contributed by atoms with van der Waals surface area (Å²) in [6.45, 7) is 2.35. The first kappa shape index (κ1) is 14.1. The lowest BCUT2D eigenvalue weighted by molar-refractivity contribution is 0.186. The van der Waals surface area contributed by atoms with Gasteiger partial charge in [0.25, 0.3) is 10.0 Å². The van der Waals surface area contributed by atoms with E-state index in [1.54, 1.807) is 14.0 Å².